The van der Waals surface area contributed by atoms with Crippen molar-refractivity contribution in [3.8, 4) is 16.5 Å². The van der Waals surface area contributed by atoms with Gasteiger partial charge < -0.3 is 0 Å². The highest BCUT2D eigenvalue weighted by molar-refractivity contribution is 7.13. The molecule has 1 heterocycles. The van der Waals surface area contributed by atoms with Crippen LogP contribution in [0.25, 0.3) is 10.4 Å². The topological polar surface area (TPSA) is 23.8 Å². The molecule has 2 aromatic rings. The predicted octanol–water partition coefficient (Wildman–Crippen LogP) is 3.48. The molecule has 0 aliphatic carbocycles. The lowest BCUT2D eigenvalue weighted by Gasteiger charge is -1.98. The first-order valence-electron chi connectivity index (χ1n) is 4.40. The Morgan fingerprint density at radius 1 is 1.14 bits per heavy atom. The molecule has 0 fully saturated rings. The monoisotopic (exact) mass is 199 g/mol. The van der Waals surface area contributed by atoms with Crippen LogP contribution >= 0.6 is 11.3 Å². The summed E-state index contributed by atoms with van der Waals surface area (Å²) in [7, 11) is 0. The lowest BCUT2D eigenvalue weighted by atomic mass is 10.1. The van der Waals surface area contributed by atoms with Crippen LogP contribution in [0.1, 0.15) is 5.56 Å². The van der Waals surface area contributed by atoms with Crippen LogP contribution in [0, 0.1) is 11.3 Å². The Hall–Kier alpha value is -1.59. The zero-order valence-electron chi connectivity index (χ0n) is 7.60. The summed E-state index contributed by atoms with van der Waals surface area (Å²) in [5.74, 6) is 0. The third kappa shape index (κ3) is 1.84. The number of nitrogens with zero attached hydrogens (tertiary/aromatic N) is 1. The first kappa shape index (κ1) is 8.98. The van der Waals surface area contributed by atoms with Crippen molar-refractivity contribution < 1.29 is 0 Å². The van der Waals surface area contributed by atoms with Gasteiger partial charge in [-0.15, -0.1) is 11.3 Å². The lowest BCUT2D eigenvalue weighted by molar-refractivity contribution is 1.26. The fraction of sp³-hybridized carbons (Fsp3) is 0.0833. The molecule has 0 aliphatic heterocycles. The van der Waals surface area contributed by atoms with Crippen molar-refractivity contribution in [2.24, 2.45) is 0 Å². The number of thiophene rings is 1. The van der Waals surface area contributed by atoms with Crippen LogP contribution in [-0.4, -0.2) is 0 Å². The van der Waals surface area contributed by atoms with Crippen molar-refractivity contribution in [3.05, 3.63) is 47.3 Å². The largest absolute Gasteiger partial charge is 0.198 e. The minimum absolute atomic E-state index is 0.491. The second-order valence-corrected chi connectivity index (χ2v) is 3.96. The third-order valence-electron chi connectivity index (χ3n) is 2.04. The molecule has 14 heavy (non-hydrogen) atoms. The Morgan fingerprint density at radius 3 is 2.50 bits per heavy atom. The summed E-state index contributed by atoms with van der Waals surface area (Å²) >= 11 is 1.73. The van der Waals surface area contributed by atoms with E-state index in [4.69, 9.17) is 5.26 Å². The highest BCUT2D eigenvalue weighted by Crippen LogP contribution is 2.24. The van der Waals surface area contributed by atoms with Gasteiger partial charge in [-0.3, -0.25) is 0 Å². The Labute approximate surface area is 87.3 Å². The van der Waals surface area contributed by atoms with E-state index in [1.165, 1.54) is 10.4 Å². The van der Waals surface area contributed by atoms with Crippen molar-refractivity contribution in [1.29, 1.82) is 5.26 Å². The Bertz CT molecular complexity index is 434. The molecule has 68 valence electrons. The van der Waals surface area contributed by atoms with Gasteiger partial charge in [0.2, 0.25) is 0 Å². The van der Waals surface area contributed by atoms with Crippen LogP contribution < -0.4 is 0 Å². The van der Waals surface area contributed by atoms with Crippen LogP contribution in [0.3, 0.4) is 0 Å². The SMILES string of the molecule is N#CCc1ccc(-c2cccs2)cc1. The number of hydrogen-bond donors (Lipinski definition) is 0. The highest BCUT2D eigenvalue weighted by Gasteiger charge is 1.97. The minimum Gasteiger partial charge on any atom is -0.198 e. The van der Waals surface area contributed by atoms with E-state index in [1.54, 1.807) is 11.3 Å². The number of nitriles is 1. The average molecular weight is 199 g/mol. The van der Waals surface area contributed by atoms with Gasteiger partial charge in [0.15, 0.2) is 0 Å². The van der Waals surface area contributed by atoms with Gasteiger partial charge in [-0.05, 0) is 22.6 Å². The van der Waals surface area contributed by atoms with Gasteiger partial charge in [-0.25, -0.2) is 0 Å². The second-order valence-electron chi connectivity index (χ2n) is 3.01. The summed E-state index contributed by atoms with van der Waals surface area (Å²) in [6.07, 6.45) is 0.491. The van der Waals surface area contributed by atoms with Crippen molar-refractivity contribution in [1.82, 2.24) is 0 Å². The molecule has 0 aliphatic rings. The van der Waals surface area contributed by atoms with E-state index < -0.39 is 0 Å². The highest BCUT2D eigenvalue weighted by atomic mass is 32.1. The van der Waals surface area contributed by atoms with Crippen molar-refractivity contribution in [2.45, 2.75) is 6.42 Å². The Morgan fingerprint density at radius 2 is 1.93 bits per heavy atom. The van der Waals surface area contributed by atoms with Crippen molar-refractivity contribution in [2.75, 3.05) is 0 Å². The van der Waals surface area contributed by atoms with Gasteiger partial charge in [0.25, 0.3) is 0 Å². The fourth-order valence-corrected chi connectivity index (χ4v) is 2.05. The van der Waals surface area contributed by atoms with Gasteiger partial charge in [0.1, 0.15) is 0 Å². The van der Waals surface area contributed by atoms with E-state index in [0.29, 0.717) is 6.42 Å². The van der Waals surface area contributed by atoms with Gasteiger partial charge in [0.05, 0.1) is 12.5 Å². The van der Waals surface area contributed by atoms with E-state index in [0.717, 1.165) is 5.56 Å². The van der Waals surface area contributed by atoms with Gasteiger partial charge in [0, 0.05) is 4.88 Å². The van der Waals surface area contributed by atoms with E-state index in [-0.39, 0.29) is 0 Å². The molecule has 1 aromatic carbocycles. The molecule has 0 saturated carbocycles. The second kappa shape index (κ2) is 4.08. The molecule has 0 bridgehead atoms. The number of benzene rings is 1. The standard InChI is InChI=1S/C12H9NS/c13-8-7-10-3-5-11(6-4-10)12-2-1-9-14-12/h1-6,9H,7H2. The van der Waals surface area contributed by atoms with Crippen LogP contribution in [0.15, 0.2) is 41.8 Å². The maximum Gasteiger partial charge on any atom is 0.0669 e. The fourth-order valence-electron chi connectivity index (χ4n) is 1.32. The van der Waals surface area contributed by atoms with Gasteiger partial charge >= 0.3 is 0 Å². The van der Waals surface area contributed by atoms with Gasteiger partial charge in [-0.1, -0.05) is 30.3 Å². The summed E-state index contributed by atoms with van der Waals surface area (Å²) in [6.45, 7) is 0. The molecule has 0 unspecified atom stereocenters. The van der Waals surface area contributed by atoms with E-state index in [2.05, 4.69) is 29.6 Å². The molecule has 0 radical (unpaired) electrons. The summed E-state index contributed by atoms with van der Waals surface area (Å²) in [4.78, 5) is 1.27. The molecule has 0 amide bonds. The van der Waals surface area contributed by atoms with Crippen LogP contribution in [0.5, 0.6) is 0 Å². The third-order valence-corrected chi connectivity index (χ3v) is 2.96. The minimum atomic E-state index is 0.491. The normalized spacial score (nSPS) is 9.64. The summed E-state index contributed by atoms with van der Waals surface area (Å²) in [5, 5.41) is 10.6. The van der Waals surface area contributed by atoms with E-state index in [1.807, 2.05) is 18.2 Å². The molecule has 0 N–H and O–H groups in total. The molecule has 2 rings (SSSR count). The molecule has 0 spiro atoms. The van der Waals surface area contributed by atoms with Crippen LogP contribution in [-0.2, 0) is 6.42 Å². The van der Waals surface area contributed by atoms with Crippen LogP contribution in [0.2, 0.25) is 0 Å². The molecule has 1 nitrogen and oxygen atoms in total. The molecular formula is C12H9NS. The van der Waals surface area contributed by atoms with Crippen LogP contribution in [0.4, 0.5) is 0 Å². The maximum absolute atomic E-state index is 8.53. The summed E-state index contributed by atoms with van der Waals surface area (Å²) < 4.78 is 0. The Balaban J connectivity index is 2.27. The smallest absolute Gasteiger partial charge is 0.0669 e. The molecule has 1 aromatic heterocycles. The quantitative estimate of drug-likeness (QED) is 0.726. The lowest BCUT2D eigenvalue weighted by Crippen LogP contribution is -1.80. The zero-order chi connectivity index (χ0) is 9.80. The zero-order valence-corrected chi connectivity index (χ0v) is 8.42. The summed E-state index contributed by atoms with van der Waals surface area (Å²) in [6, 6.07) is 14.4. The van der Waals surface area contributed by atoms with Crippen molar-refractivity contribution >= 4 is 11.3 Å². The average Bonchev–Trinajstić information content (AvgIpc) is 2.72. The maximum atomic E-state index is 8.53. The van der Waals surface area contributed by atoms with E-state index >= 15 is 0 Å². The number of hydrogen-bond acceptors (Lipinski definition) is 2. The van der Waals surface area contributed by atoms with Gasteiger partial charge in [-0.2, -0.15) is 5.26 Å². The molecule has 2 heteroatoms. The summed E-state index contributed by atoms with van der Waals surface area (Å²) in [5.41, 5.74) is 2.30. The molecular weight excluding hydrogens is 190 g/mol. The van der Waals surface area contributed by atoms with Crippen molar-refractivity contribution in [3.63, 3.8) is 0 Å². The predicted molar refractivity (Wildman–Crippen MR) is 59.1 cm³/mol. The molecule has 0 saturated heterocycles. The molecule has 0 atom stereocenters. The first-order chi connectivity index (χ1) is 6.90. The first-order valence-corrected chi connectivity index (χ1v) is 5.28. The Kier molecular flexibility index (Phi) is 2.62. The van der Waals surface area contributed by atoms with E-state index in [9.17, 15) is 0 Å². The number of rotatable bonds is 2.